The molecule has 0 spiro atoms. The minimum Gasteiger partial charge on any atom is -0.324 e. The summed E-state index contributed by atoms with van der Waals surface area (Å²) in [6, 6.07) is 19.4. The summed E-state index contributed by atoms with van der Waals surface area (Å²) >= 11 is 0. The largest absolute Gasteiger partial charge is 0.324 e. The number of carbonyl (C=O) groups is 1. The van der Waals surface area contributed by atoms with Gasteiger partial charge in [-0.25, -0.2) is 9.97 Å². The summed E-state index contributed by atoms with van der Waals surface area (Å²) in [4.78, 5) is 31.2. The van der Waals surface area contributed by atoms with Crippen LogP contribution in [0.4, 0.5) is 17.3 Å². The highest BCUT2D eigenvalue weighted by molar-refractivity contribution is 6.04. The van der Waals surface area contributed by atoms with Crippen molar-refractivity contribution in [1.82, 2.24) is 24.8 Å². The van der Waals surface area contributed by atoms with Gasteiger partial charge in [0.15, 0.2) is 0 Å². The molecular weight excluding hydrogens is 486 g/mol. The second-order valence-corrected chi connectivity index (χ2v) is 9.88. The van der Waals surface area contributed by atoms with Crippen LogP contribution < -0.4 is 10.6 Å². The Labute approximate surface area is 230 Å². The molecule has 0 atom stereocenters. The Bertz CT molecular complexity index is 1390. The van der Waals surface area contributed by atoms with Crippen LogP contribution >= 0.6 is 0 Å². The molecule has 0 unspecified atom stereocenters. The van der Waals surface area contributed by atoms with Crippen LogP contribution in [-0.2, 0) is 6.54 Å². The van der Waals surface area contributed by atoms with Crippen molar-refractivity contribution < 1.29 is 4.79 Å². The first-order valence-electron chi connectivity index (χ1n) is 13.5. The molecule has 39 heavy (non-hydrogen) atoms. The smallest absolute Gasteiger partial charge is 0.255 e. The lowest BCUT2D eigenvalue weighted by atomic mass is 10.1. The topological polar surface area (TPSA) is 86.3 Å². The van der Waals surface area contributed by atoms with Gasteiger partial charge in [-0.05, 0) is 86.6 Å². The highest BCUT2D eigenvalue weighted by Gasteiger charge is 2.14. The lowest BCUT2D eigenvalue weighted by molar-refractivity contribution is 0.102. The van der Waals surface area contributed by atoms with E-state index in [2.05, 4.69) is 54.4 Å². The number of hydrogen-bond acceptors (Lipinski definition) is 7. The fraction of sp³-hybridized carbons (Fsp3) is 0.290. The molecular formula is C31H35N7O. The van der Waals surface area contributed by atoms with E-state index in [4.69, 9.17) is 0 Å². The lowest BCUT2D eigenvalue weighted by Gasteiger charge is -2.21. The van der Waals surface area contributed by atoms with Crippen molar-refractivity contribution in [3.05, 3.63) is 95.9 Å². The molecule has 4 aromatic rings. The minimum absolute atomic E-state index is 0.139. The number of nitrogens with one attached hydrogen (secondary N) is 2. The molecule has 1 saturated heterocycles. The number of amides is 1. The molecule has 0 bridgehead atoms. The van der Waals surface area contributed by atoms with Crippen LogP contribution in [0.2, 0.25) is 0 Å². The molecule has 0 aliphatic carbocycles. The van der Waals surface area contributed by atoms with Crippen molar-refractivity contribution in [2.24, 2.45) is 0 Å². The monoisotopic (exact) mass is 521 g/mol. The molecule has 5 rings (SSSR count). The van der Waals surface area contributed by atoms with E-state index in [0.29, 0.717) is 17.2 Å². The maximum atomic E-state index is 13.0. The van der Waals surface area contributed by atoms with Crippen molar-refractivity contribution in [2.45, 2.75) is 26.8 Å². The molecule has 200 valence electrons. The number of rotatable bonds is 8. The molecule has 2 aromatic carbocycles. The highest BCUT2D eigenvalue weighted by atomic mass is 16.1. The minimum atomic E-state index is -0.139. The second kappa shape index (κ2) is 12.6. The van der Waals surface area contributed by atoms with Crippen LogP contribution in [0, 0.1) is 6.92 Å². The average molecular weight is 522 g/mol. The normalized spacial score (nSPS) is 14.5. The van der Waals surface area contributed by atoms with Gasteiger partial charge in [-0.1, -0.05) is 25.1 Å². The van der Waals surface area contributed by atoms with Gasteiger partial charge in [-0.15, -0.1) is 0 Å². The van der Waals surface area contributed by atoms with Crippen molar-refractivity contribution in [2.75, 3.05) is 43.4 Å². The standard InChI is InChI=1S/C31H35N7O/c1-3-37-16-5-17-38(19-18-37)22-24-8-10-25(11-9-24)30(39)34-27-12-7-23(2)29(20-27)36-31-33-15-13-28(35-31)26-6-4-14-32-21-26/h4,6-15,20-21H,3,5,16-19,22H2,1-2H3,(H,34,39)(H,33,35,36). The van der Waals surface area contributed by atoms with Crippen molar-refractivity contribution in [1.29, 1.82) is 0 Å². The van der Waals surface area contributed by atoms with Gasteiger partial charge >= 0.3 is 0 Å². The number of nitrogens with zero attached hydrogens (tertiary/aromatic N) is 5. The summed E-state index contributed by atoms with van der Waals surface area (Å²) < 4.78 is 0. The van der Waals surface area contributed by atoms with Crippen molar-refractivity contribution >= 4 is 23.2 Å². The number of hydrogen-bond donors (Lipinski definition) is 2. The molecule has 8 heteroatoms. The molecule has 1 fully saturated rings. The van der Waals surface area contributed by atoms with Crippen LogP contribution in [-0.4, -0.2) is 63.4 Å². The number of aryl methyl sites for hydroxylation is 1. The van der Waals surface area contributed by atoms with E-state index < -0.39 is 0 Å². The van der Waals surface area contributed by atoms with Crippen LogP contribution in [0.3, 0.4) is 0 Å². The van der Waals surface area contributed by atoms with Gasteiger partial charge in [0.05, 0.1) is 5.69 Å². The zero-order valence-electron chi connectivity index (χ0n) is 22.6. The number of benzene rings is 2. The quantitative estimate of drug-likeness (QED) is 0.322. The Kier molecular flexibility index (Phi) is 8.55. The van der Waals surface area contributed by atoms with Gasteiger partial charge in [0.1, 0.15) is 0 Å². The summed E-state index contributed by atoms with van der Waals surface area (Å²) in [6.45, 7) is 10.7. The molecule has 8 nitrogen and oxygen atoms in total. The third-order valence-electron chi connectivity index (χ3n) is 7.11. The molecule has 1 aliphatic rings. The first kappa shape index (κ1) is 26.5. The predicted molar refractivity (Wildman–Crippen MR) is 156 cm³/mol. The predicted octanol–water partition coefficient (Wildman–Crippen LogP) is 5.37. The first-order chi connectivity index (χ1) is 19.1. The maximum Gasteiger partial charge on any atom is 0.255 e. The molecule has 2 aromatic heterocycles. The van der Waals surface area contributed by atoms with E-state index in [1.165, 1.54) is 18.5 Å². The Hall–Kier alpha value is -4.14. The molecule has 1 aliphatic heterocycles. The third-order valence-corrected chi connectivity index (χ3v) is 7.11. The second-order valence-electron chi connectivity index (χ2n) is 9.88. The summed E-state index contributed by atoms with van der Waals surface area (Å²) in [5, 5.41) is 6.32. The Morgan fingerprint density at radius 2 is 1.77 bits per heavy atom. The fourth-order valence-electron chi connectivity index (χ4n) is 4.77. The van der Waals surface area contributed by atoms with Gasteiger partial charge in [0, 0.05) is 60.7 Å². The average Bonchev–Trinajstić information content (AvgIpc) is 3.21. The molecule has 3 heterocycles. The van der Waals surface area contributed by atoms with E-state index in [0.717, 1.165) is 55.2 Å². The Morgan fingerprint density at radius 1 is 0.949 bits per heavy atom. The number of pyridine rings is 1. The van der Waals surface area contributed by atoms with Gasteiger partial charge in [-0.3, -0.25) is 14.7 Å². The van der Waals surface area contributed by atoms with Crippen LogP contribution in [0.5, 0.6) is 0 Å². The fourth-order valence-corrected chi connectivity index (χ4v) is 4.77. The van der Waals surface area contributed by atoms with Gasteiger partial charge < -0.3 is 15.5 Å². The number of likely N-dealkylation sites (N-methyl/N-ethyl adjacent to an activating group) is 1. The van der Waals surface area contributed by atoms with E-state index in [-0.39, 0.29) is 5.91 Å². The first-order valence-corrected chi connectivity index (χ1v) is 13.5. The Morgan fingerprint density at radius 3 is 2.56 bits per heavy atom. The lowest BCUT2D eigenvalue weighted by Crippen LogP contribution is -2.30. The number of aromatic nitrogens is 3. The van der Waals surface area contributed by atoms with E-state index in [1.807, 2.05) is 55.5 Å². The zero-order valence-corrected chi connectivity index (χ0v) is 22.6. The van der Waals surface area contributed by atoms with Crippen molar-refractivity contribution in [3.8, 4) is 11.3 Å². The van der Waals surface area contributed by atoms with Gasteiger partial charge in [0.25, 0.3) is 5.91 Å². The van der Waals surface area contributed by atoms with E-state index in [1.54, 1.807) is 18.6 Å². The molecule has 2 N–H and O–H groups in total. The summed E-state index contributed by atoms with van der Waals surface area (Å²) in [6.07, 6.45) is 6.42. The third kappa shape index (κ3) is 7.04. The number of carbonyl (C=O) groups excluding carboxylic acids is 1. The van der Waals surface area contributed by atoms with Crippen molar-refractivity contribution in [3.63, 3.8) is 0 Å². The summed E-state index contributed by atoms with van der Waals surface area (Å²) in [7, 11) is 0. The van der Waals surface area contributed by atoms with Crippen LogP contribution in [0.1, 0.15) is 34.8 Å². The number of anilines is 3. The molecule has 1 amide bonds. The molecule has 0 saturated carbocycles. The molecule has 0 radical (unpaired) electrons. The highest BCUT2D eigenvalue weighted by Crippen LogP contribution is 2.25. The van der Waals surface area contributed by atoms with Gasteiger partial charge in [-0.2, -0.15) is 0 Å². The van der Waals surface area contributed by atoms with E-state index >= 15 is 0 Å². The SMILES string of the molecule is CCN1CCCN(Cc2ccc(C(=O)Nc3ccc(C)c(Nc4nccc(-c5cccnc5)n4)c3)cc2)CC1. The Balaban J connectivity index is 1.22. The summed E-state index contributed by atoms with van der Waals surface area (Å²) in [5.41, 5.74) is 6.10. The van der Waals surface area contributed by atoms with E-state index in [9.17, 15) is 4.79 Å². The van der Waals surface area contributed by atoms with Gasteiger partial charge in [0.2, 0.25) is 5.95 Å². The summed E-state index contributed by atoms with van der Waals surface area (Å²) in [5.74, 6) is 0.338. The maximum absolute atomic E-state index is 13.0. The zero-order chi connectivity index (χ0) is 27.0. The van der Waals surface area contributed by atoms with Crippen LogP contribution in [0.25, 0.3) is 11.3 Å². The van der Waals surface area contributed by atoms with Crippen LogP contribution in [0.15, 0.2) is 79.3 Å².